The second kappa shape index (κ2) is 9.34. The van der Waals surface area contributed by atoms with E-state index in [1.165, 1.54) is 21.9 Å². The summed E-state index contributed by atoms with van der Waals surface area (Å²) in [5.74, 6) is 0.392. The Kier molecular flexibility index (Phi) is 6.36. The van der Waals surface area contributed by atoms with Crippen LogP contribution in [-0.4, -0.2) is 23.9 Å². The van der Waals surface area contributed by atoms with Crippen molar-refractivity contribution >= 4 is 22.6 Å². The van der Waals surface area contributed by atoms with Crippen LogP contribution in [0.5, 0.6) is 0 Å². The molecular formula is C27H30N2O2. The molecule has 2 atom stereocenters. The fraction of sp³-hybridized carbons (Fsp3) is 0.333. The molecule has 1 saturated heterocycles. The largest absolute Gasteiger partial charge is 0.356 e. The zero-order chi connectivity index (χ0) is 21.7. The minimum absolute atomic E-state index is 0.0433. The fourth-order valence-corrected chi connectivity index (χ4v) is 4.53. The van der Waals surface area contributed by atoms with Gasteiger partial charge in [-0.2, -0.15) is 0 Å². The number of hydrogen-bond donors (Lipinski definition) is 2. The maximum absolute atomic E-state index is 12.6. The summed E-state index contributed by atoms with van der Waals surface area (Å²) in [7, 11) is 0. The van der Waals surface area contributed by atoms with E-state index in [0.717, 1.165) is 12.8 Å². The summed E-state index contributed by atoms with van der Waals surface area (Å²) in [5.41, 5.74) is 2.07. The average molecular weight is 415 g/mol. The van der Waals surface area contributed by atoms with Gasteiger partial charge in [0.05, 0.1) is 0 Å². The molecule has 1 aliphatic heterocycles. The maximum Gasteiger partial charge on any atom is 0.220 e. The zero-order valence-electron chi connectivity index (χ0n) is 18.1. The Morgan fingerprint density at radius 3 is 2.52 bits per heavy atom. The molecule has 0 radical (unpaired) electrons. The number of rotatable bonds is 8. The lowest BCUT2D eigenvalue weighted by Crippen LogP contribution is -2.44. The number of carbonyl (C=O) groups excluding carboxylic acids is 2. The Balaban J connectivity index is 1.37. The first-order valence-electron chi connectivity index (χ1n) is 11.1. The molecule has 160 valence electrons. The molecule has 1 aliphatic rings. The third kappa shape index (κ3) is 5.32. The molecule has 4 rings (SSSR count). The van der Waals surface area contributed by atoms with Gasteiger partial charge in [-0.25, -0.2) is 0 Å². The van der Waals surface area contributed by atoms with E-state index in [2.05, 4.69) is 60.0 Å². The summed E-state index contributed by atoms with van der Waals surface area (Å²) in [5, 5.41) is 8.67. The first-order valence-corrected chi connectivity index (χ1v) is 11.1. The maximum atomic E-state index is 12.6. The van der Waals surface area contributed by atoms with Crippen LogP contribution < -0.4 is 10.6 Å². The topological polar surface area (TPSA) is 58.2 Å². The lowest BCUT2D eigenvalue weighted by molar-refractivity contribution is -0.122. The quantitative estimate of drug-likeness (QED) is 0.560. The van der Waals surface area contributed by atoms with Gasteiger partial charge in [0.1, 0.15) is 0 Å². The van der Waals surface area contributed by atoms with Gasteiger partial charge in [-0.3, -0.25) is 9.59 Å². The van der Waals surface area contributed by atoms with Crippen molar-refractivity contribution in [1.82, 2.24) is 10.6 Å². The Morgan fingerprint density at radius 2 is 1.77 bits per heavy atom. The number of carbonyl (C=O) groups is 2. The number of fused-ring (bicyclic) bond motifs is 1. The molecule has 31 heavy (non-hydrogen) atoms. The van der Waals surface area contributed by atoms with E-state index in [9.17, 15) is 9.59 Å². The first-order chi connectivity index (χ1) is 15.0. The molecule has 1 fully saturated rings. The van der Waals surface area contributed by atoms with E-state index in [0.29, 0.717) is 25.8 Å². The van der Waals surface area contributed by atoms with Crippen LogP contribution in [0.1, 0.15) is 49.7 Å². The molecule has 0 bridgehead atoms. The van der Waals surface area contributed by atoms with Crippen LogP contribution >= 0.6 is 0 Å². The summed E-state index contributed by atoms with van der Waals surface area (Å²) < 4.78 is 0. The predicted octanol–water partition coefficient (Wildman–Crippen LogP) is 4.73. The highest BCUT2D eigenvalue weighted by molar-refractivity contribution is 5.83. The molecule has 2 amide bonds. The smallest absolute Gasteiger partial charge is 0.220 e. The standard InChI is InChI=1S/C27H30N2O2/c1-20(22-7-3-2-4-8-22)19-28-25(30)13-15-27(16-14-26(31)29-27)18-21-11-12-23-9-5-6-10-24(23)17-21/h2-12,17,20H,13-16,18-19H2,1H3,(H,28,30)(H,29,31). The van der Waals surface area contributed by atoms with Crippen LogP contribution in [0.3, 0.4) is 0 Å². The van der Waals surface area contributed by atoms with Gasteiger partial charge in [-0.15, -0.1) is 0 Å². The number of benzene rings is 3. The van der Waals surface area contributed by atoms with Crippen LogP contribution in [-0.2, 0) is 16.0 Å². The summed E-state index contributed by atoms with van der Waals surface area (Å²) in [6.07, 6.45) is 3.11. The molecule has 0 aromatic heterocycles. The Bertz CT molecular complexity index is 1060. The molecule has 4 nitrogen and oxygen atoms in total. The predicted molar refractivity (Wildman–Crippen MR) is 125 cm³/mol. The summed E-state index contributed by atoms with van der Waals surface area (Å²) >= 11 is 0. The highest BCUT2D eigenvalue weighted by Gasteiger charge is 2.37. The minimum atomic E-state index is -0.345. The minimum Gasteiger partial charge on any atom is -0.356 e. The van der Waals surface area contributed by atoms with E-state index < -0.39 is 0 Å². The van der Waals surface area contributed by atoms with Gasteiger partial charge in [-0.05, 0) is 47.1 Å². The Labute approximate surface area is 184 Å². The molecule has 4 heteroatoms. The summed E-state index contributed by atoms with van der Waals surface area (Å²) in [6.45, 7) is 2.74. The molecule has 0 spiro atoms. The van der Waals surface area contributed by atoms with E-state index in [1.54, 1.807) is 0 Å². The second-order valence-corrected chi connectivity index (χ2v) is 8.80. The van der Waals surface area contributed by atoms with Crippen LogP contribution in [0.2, 0.25) is 0 Å². The average Bonchev–Trinajstić information content (AvgIpc) is 3.17. The van der Waals surface area contributed by atoms with Crippen LogP contribution in [0.4, 0.5) is 0 Å². The Hall–Kier alpha value is -3.14. The summed E-state index contributed by atoms with van der Waals surface area (Å²) in [4.78, 5) is 24.6. The molecule has 2 N–H and O–H groups in total. The van der Waals surface area contributed by atoms with Gasteiger partial charge in [0.25, 0.3) is 0 Å². The third-order valence-electron chi connectivity index (χ3n) is 6.40. The van der Waals surface area contributed by atoms with Crippen molar-refractivity contribution in [3.8, 4) is 0 Å². The normalized spacial score (nSPS) is 19.2. The van der Waals surface area contributed by atoms with Gasteiger partial charge < -0.3 is 10.6 Å². The molecule has 0 saturated carbocycles. The van der Waals surface area contributed by atoms with Crippen molar-refractivity contribution in [2.45, 2.75) is 50.5 Å². The van der Waals surface area contributed by atoms with E-state index in [-0.39, 0.29) is 23.3 Å². The van der Waals surface area contributed by atoms with E-state index in [1.807, 2.05) is 30.3 Å². The monoisotopic (exact) mass is 414 g/mol. The van der Waals surface area contributed by atoms with Crippen molar-refractivity contribution < 1.29 is 9.59 Å². The highest BCUT2D eigenvalue weighted by atomic mass is 16.2. The number of nitrogens with one attached hydrogen (secondary N) is 2. The summed E-state index contributed by atoms with van der Waals surface area (Å²) in [6, 6.07) is 25.0. The van der Waals surface area contributed by atoms with Crippen molar-refractivity contribution in [3.05, 3.63) is 83.9 Å². The molecule has 0 aliphatic carbocycles. The van der Waals surface area contributed by atoms with Crippen molar-refractivity contribution in [3.63, 3.8) is 0 Å². The van der Waals surface area contributed by atoms with Crippen LogP contribution in [0.25, 0.3) is 10.8 Å². The molecular weight excluding hydrogens is 384 g/mol. The number of hydrogen-bond acceptors (Lipinski definition) is 2. The number of amides is 2. The molecule has 3 aromatic rings. The molecule has 1 heterocycles. The van der Waals surface area contributed by atoms with Crippen LogP contribution in [0, 0.1) is 0 Å². The fourth-order valence-electron chi connectivity index (χ4n) is 4.53. The lowest BCUT2D eigenvalue weighted by Gasteiger charge is -2.29. The second-order valence-electron chi connectivity index (χ2n) is 8.80. The SMILES string of the molecule is CC(CNC(=O)CCC1(Cc2ccc3ccccc3c2)CCC(=O)N1)c1ccccc1. The van der Waals surface area contributed by atoms with Gasteiger partial charge in [0, 0.05) is 24.9 Å². The first kappa shape index (κ1) is 21.1. The third-order valence-corrected chi connectivity index (χ3v) is 6.40. The van der Waals surface area contributed by atoms with Gasteiger partial charge in [0.2, 0.25) is 11.8 Å². The van der Waals surface area contributed by atoms with Crippen molar-refractivity contribution in [2.24, 2.45) is 0 Å². The van der Waals surface area contributed by atoms with E-state index >= 15 is 0 Å². The zero-order valence-corrected chi connectivity index (χ0v) is 18.1. The highest BCUT2D eigenvalue weighted by Crippen LogP contribution is 2.30. The van der Waals surface area contributed by atoms with Crippen molar-refractivity contribution in [2.75, 3.05) is 6.54 Å². The molecule has 3 aromatic carbocycles. The molecule has 2 unspecified atom stereocenters. The lowest BCUT2D eigenvalue weighted by atomic mass is 9.84. The van der Waals surface area contributed by atoms with Gasteiger partial charge in [0.15, 0.2) is 0 Å². The van der Waals surface area contributed by atoms with E-state index in [4.69, 9.17) is 0 Å². The van der Waals surface area contributed by atoms with Gasteiger partial charge in [-0.1, -0.05) is 79.7 Å². The Morgan fingerprint density at radius 1 is 1.03 bits per heavy atom. The van der Waals surface area contributed by atoms with Crippen molar-refractivity contribution in [1.29, 1.82) is 0 Å². The van der Waals surface area contributed by atoms with Gasteiger partial charge >= 0.3 is 0 Å². The van der Waals surface area contributed by atoms with Crippen LogP contribution in [0.15, 0.2) is 72.8 Å².